The Hall–Kier alpha value is -2.47. The molecule has 0 saturated carbocycles. The predicted octanol–water partition coefficient (Wildman–Crippen LogP) is 0.902. The van der Waals surface area contributed by atoms with Gasteiger partial charge in [-0.15, -0.1) is 0 Å². The smallest absolute Gasteiger partial charge is 0.348 e. The van der Waals surface area contributed by atoms with Gasteiger partial charge in [0.05, 0.1) is 13.2 Å². The molecule has 1 N–H and O–H groups in total. The van der Waals surface area contributed by atoms with Crippen LogP contribution in [0, 0.1) is 13.8 Å². The van der Waals surface area contributed by atoms with Crippen molar-refractivity contribution in [3.63, 3.8) is 0 Å². The first-order chi connectivity index (χ1) is 11.0. The quantitative estimate of drug-likeness (QED) is 0.910. The molecule has 23 heavy (non-hydrogen) atoms. The molecule has 0 spiro atoms. The fourth-order valence-corrected chi connectivity index (χ4v) is 2.79. The highest BCUT2D eigenvalue weighted by Crippen LogP contribution is 2.29. The Balaban J connectivity index is 1.79. The highest BCUT2D eigenvalue weighted by Gasteiger charge is 2.41. The number of nitrogens with one attached hydrogen (secondary N) is 1. The van der Waals surface area contributed by atoms with Gasteiger partial charge < -0.3 is 10.1 Å². The van der Waals surface area contributed by atoms with Gasteiger partial charge in [0.2, 0.25) is 5.91 Å². The molecular weight excluding hydrogens is 294 g/mol. The number of hydrogen-bond acceptors (Lipinski definition) is 4. The van der Waals surface area contributed by atoms with Gasteiger partial charge in [-0.25, -0.2) is 4.79 Å². The molecule has 1 aromatic heterocycles. The molecule has 0 atom stereocenters. The summed E-state index contributed by atoms with van der Waals surface area (Å²) in [4.78, 5) is 28.3. The average Bonchev–Trinajstić information content (AvgIpc) is 2.47. The van der Waals surface area contributed by atoms with E-state index in [4.69, 9.17) is 4.74 Å². The molecule has 1 amide bonds. The standard InChI is InChI=1S/C17H19N3O3/c1-12-8-13(2)20(16(22)18-12)9-15(21)19-17(10-23-11-17)14-6-4-3-5-7-14/h3-8H,9-11H2,1-2H3,(H,19,21). The SMILES string of the molecule is Cc1cc(C)n(CC(=O)NC2(c3ccccc3)COC2)c(=O)n1. The van der Waals surface area contributed by atoms with Crippen LogP contribution in [0.1, 0.15) is 17.0 Å². The number of ether oxygens (including phenoxy) is 1. The van der Waals surface area contributed by atoms with Crippen LogP contribution in [0.15, 0.2) is 41.2 Å². The minimum Gasteiger partial charge on any atom is -0.376 e. The van der Waals surface area contributed by atoms with E-state index >= 15 is 0 Å². The van der Waals surface area contributed by atoms with E-state index in [1.54, 1.807) is 19.9 Å². The van der Waals surface area contributed by atoms with E-state index in [0.717, 1.165) is 11.3 Å². The molecular formula is C17H19N3O3. The highest BCUT2D eigenvalue weighted by atomic mass is 16.5. The van der Waals surface area contributed by atoms with Crippen molar-refractivity contribution >= 4 is 5.91 Å². The summed E-state index contributed by atoms with van der Waals surface area (Å²) >= 11 is 0. The lowest BCUT2D eigenvalue weighted by atomic mass is 9.88. The van der Waals surface area contributed by atoms with E-state index < -0.39 is 11.2 Å². The third-order valence-electron chi connectivity index (χ3n) is 4.05. The topological polar surface area (TPSA) is 73.2 Å². The van der Waals surface area contributed by atoms with E-state index in [9.17, 15) is 9.59 Å². The molecule has 0 radical (unpaired) electrons. The fraction of sp³-hybridized carbons (Fsp3) is 0.353. The molecule has 1 aromatic carbocycles. The van der Waals surface area contributed by atoms with Gasteiger partial charge in [0.1, 0.15) is 12.1 Å². The van der Waals surface area contributed by atoms with Gasteiger partial charge in [-0.2, -0.15) is 4.98 Å². The highest BCUT2D eigenvalue weighted by molar-refractivity contribution is 5.77. The second-order valence-electron chi connectivity index (χ2n) is 5.90. The molecule has 6 heteroatoms. The van der Waals surface area contributed by atoms with Crippen molar-refractivity contribution in [1.82, 2.24) is 14.9 Å². The Morgan fingerprint density at radius 1 is 1.30 bits per heavy atom. The number of aromatic nitrogens is 2. The summed E-state index contributed by atoms with van der Waals surface area (Å²) in [6, 6.07) is 11.5. The van der Waals surface area contributed by atoms with Crippen LogP contribution in [-0.4, -0.2) is 28.7 Å². The molecule has 120 valence electrons. The maximum atomic E-state index is 12.4. The van der Waals surface area contributed by atoms with E-state index in [-0.39, 0.29) is 12.5 Å². The molecule has 0 aliphatic carbocycles. The summed E-state index contributed by atoms with van der Waals surface area (Å²) in [5.74, 6) is -0.229. The Labute approximate surface area is 134 Å². The van der Waals surface area contributed by atoms with Gasteiger partial charge in [0.15, 0.2) is 0 Å². The first-order valence-corrected chi connectivity index (χ1v) is 7.49. The summed E-state index contributed by atoms with van der Waals surface area (Å²) in [6.45, 7) is 4.37. The van der Waals surface area contributed by atoms with Gasteiger partial charge in [-0.3, -0.25) is 9.36 Å². The largest absolute Gasteiger partial charge is 0.376 e. The Morgan fingerprint density at radius 3 is 2.57 bits per heavy atom. The van der Waals surface area contributed by atoms with Crippen LogP contribution in [0.5, 0.6) is 0 Å². The van der Waals surface area contributed by atoms with Crippen LogP contribution in [0.25, 0.3) is 0 Å². The molecule has 1 aliphatic heterocycles. The summed E-state index contributed by atoms with van der Waals surface area (Å²) < 4.78 is 6.69. The molecule has 6 nitrogen and oxygen atoms in total. The third-order valence-corrected chi connectivity index (χ3v) is 4.05. The zero-order chi connectivity index (χ0) is 16.4. The lowest BCUT2D eigenvalue weighted by Crippen LogP contribution is -2.60. The summed E-state index contributed by atoms with van der Waals surface area (Å²) in [7, 11) is 0. The first kappa shape index (κ1) is 15.4. The lowest BCUT2D eigenvalue weighted by Gasteiger charge is -2.42. The zero-order valence-electron chi connectivity index (χ0n) is 13.2. The Morgan fingerprint density at radius 2 is 2.00 bits per heavy atom. The maximum Gasteiger partial charge on any atom is 0.348 e. The zero-order valence-corrected chi connectivity index (χ0v) is 13.2. The van der Waals surface area contributed by atoms with E-state index in [1.807, 2.05) is 30.3 Å². The number of nitrogens with zero attached hydrogens (tertiary/aromatic N) is 2. The average molecular weight is 313 g/mol. The Kier molecular flexibility index (Phi) is 4.00. The molecule has 2 heterocycles. The van der Waals surface area contributed by atoms with E-state index in [1.165, 1.54) is 4.57 Å². The normalized spacial score (nSPS) is 15.7. The first-order valence-electron chi connectivity index (χ1n) is 7.49. The van der Waals surface area contributed by atoms with Crippen LogP contribution < -0.4 is 11.0 Å². The predicted molar refractivity (Wildman–Crippen MR) is 85.1 cm³/mol. The molecule has 3 rings (SSSR count). The van der Waals surface area contributed by atoms with E-state index in [0.29, 0.717) is 18.9 Å². The lowest BCUT2D eigenvalue weighted by molar-refractivity contribution is -0.134. The van der Waals surface area contributed by atoms with Crippen molar-refractivity contribution in [3.8, 4) is 0 Å². The van der Waals surface area contributed by atoms with Crippen molar-refractivity contribution < 1.29 is 9.53 Å². The summed E-state index contributed by atoms with van der Waals surface area (Å²) in [6.07, 6.45) is 0. The van der Waals surface area contributed by atoms with Gasteiger partial charge in [0.25, 0.3) is 0 Å². The van der Waals surface area contributed by atoms with E-state index in [2.05, 4.69) is 10.3 Å². The van der Waals surface area contributed by atoms with Crippen molar-refractivity contribution in [2.45, 2.75) is 25.9 Å². The fourth-order valence-electron chi connectivity index (χ4n) is 2.79. The number of amides is 1. The molecule has 0 unspecified atom stereocenters. The minimum atomic E-state index is -0.506. The number of benzene rings is 1. The monoisotopic (exact) mass is 313 g/mol. The summed E-state index contributed by atoms with van der Waals surface area (Å²) in [5.41, 5.74) is 1.46. The maximum absolute atomic E-state index is 12.4. The number of aryl methyl sites for hydroxylation is 2. The third kappa shape index (κ3) is 3.03. The molecule has 0 bridgehead atoms. The number of rotatable bonds is 4. The van der Waals surface area contributed by atoms with Crippen LogP contribution in [-0.2, 0) is 21.6 Å². The second-order valence-corrected chi connectivity index (χ2v) is 5.90. The minimum absolute atomic E-state index is 0.0491. The van der Waals surface area contributed by atoms with Gasteiger partial charge in [-0.1, -0.05) is 30.3 Å². The second kappa shape index (κ2) is 5.96. The van der Waals surface area contributed by atoms with Crippen LogP contribution in [0.2, 0.25) is 0 Å². The van der Waals surface area contributed by atoms with Crippen LogP contribution >= 0.6 is 0 Å². The molecule has 1 fully saturated rings. The molecule has 1 aliphatic rings. The van der Waals surface area contributed by atoms with Crippen molar-refractivity contribution in [2.75, 3.05) is 13.2 Å². The van der Waals surface area contributed by atoms with Crippen LogP contribution in [0.3, 0.4) is 0 Å². The van der Waals surface area contributed by atoms with Crippen molar-refractivity contribution in [2.24, 2.45) is 0 Å². The number of hydrogen-bond donors (Lipinski definition) is 1. The number of carbonyl (C=O) groups excluding carboxylic acids is 1. The van der Waals surface area contributed by atoms with Gasteiger partial charge in [-0.05, 0) is 25.5 Å². The molecule has 1 saturated heterocycles. The van der Waals surface area contributed by atoms with Gasteiger partial charge >= 0.3 is 5.69 Å². The summed E-state index contributed by atoms with van der Waals surface area (Å²) in [5, 5.41) is 3.01. The van der Waals surface area contributed by atoms with Crippen molar-refractivity contribution in [1.29, 1.82) is 0 Å². The van der Waals surface area contributed by atoms with Gasteiger partial charge in [0, 0.05) is 11.4 Å². The number of carbonyl (C=O) groups is 1. The Bertz CT molecular complexity index is 779. The molecule has 2 aromatic rings. The van der Waals surface area contributed by atoms with Crippen LogP contribution in [0.4, 0.5) is 0 Å². The van der Waals surface area contributed by atoms with Crippen molar-refractivity contribution in [3.05, 3.63) is 63.8 Å².